The zero-order valence-corrected chi connectivity index (χ0v) is 12.5. The highest BCUT2D eigenvalue weighted by atomic mass is 16.3. The molecule has 2 atom stereocenters. The molecule has 6 heteroatoms. The van der Waals surface area contributed by atoms with Gasteiger partial charge in [0.25, 0.3) is 0 Å². The molecular weight excluding hydrogens is 280 g/mol. The monoisotopic (exact) mass is 300 g/mol. The third kappa shape index (κ3) is 3.18. The Morgan fingerprint density at radius 3 is 3.05 bits per heavy atom. The van der Waals surface area contributed by atoms with E-state index in [9.17, 15) is 9.90 Å². The van der Waals surface area contributed by atoms with Crippen molar-refractivity contribution < 1.29 is 9.90 Å². The number of benzene rings is 1. The molecule has 3 rings (SSSR count). The Labute approximate surface area is 129 Å². The van der Waals surface area contributed by atoms with Crippen molar-refractivity contribution in [2.75, 3.05) is 11.9 Å². The summed E-state index contributed by atoms with van der Waals surface area (Å²) in [6.07, 6.45) is 4.35. The van der Waals surface area contributed by atoms with Crippen LogP contribution in [0.2, 0.25) is 0 Å². The lowest BCUT2D eigenvalue weighted by atomic mass is 10.0. The molecule has 2 aromatic rings. The van der Waals surface area contributed by atoms with E-state index < -0.39 is 6.10 Å². The van der Waals surface area contributed by atoms with Crippen molar-refractivity contribution in [2.45, 2.75) is 31.9 Å². The number of carbonyl (C=O) groups is 1. The summed E-state index contributed by atoms with van der Waals surface area (Å²) in [7, 11) is 0. The average molecular weight is 300 g/mol. The third-order valence-corrected chi connectivity index (χ3v) is 3.93. The lowest BCUT2D eigenvalue weighted by molar-refractivity contribution is -0.119. The predicted molar refractivity (Wildman–Crippen MR) is 84.0 cm³/mol. The van der Waals surface area contributed by atoms with E-state index in [2.05, 4.69) is 15.7 Å². The van der Waals surface area contributed by atoms with Gasteiger partial charge in [-0.05, 0) is 56.1 Å². The minimum absolute atomic E-state index is 0.103. The molecule has 1 fully saturated rings. The third-order valence-electron chi connectivity index (χ3n) is 3.93. The summed E-state index contributed by atoms with van der Waals surface area (Å²) in [6, 6.07) is 7.30. The summed E-state index contributed by atoms with van der Waals surface area (Å²) in [5.74, 6) is -0.103. The van der Waals surface area contributed by atoms with Gasteiger partial charge in [-0.2, -0.15) is 5.10 Å². The molecule has 0 aliphatic carbocycles. The van der Waals surface area contributed by atoms with Crippen LogP contribution in [0.15, 0.2) is 36.7 Å². The fourth-order valence-corrected chi connectivity index (χ4v) is 2.67. The number of aryl methyl sites for hydroxylation is 1. The van der Waals surface area contributed by atoms with Crippen molar-refractivity contribution in [3.8, 4) is 5.69 Å². The van der Waals surface area contributed by atoms with Crippen molar-refractivity contribution in [3.05, 3.63) is 42.2 Å². The topological polar surface area (TPSA) is 79.2 Å². The number of amides is 1. The molecule has 1 aliphatic rings. The fourth-order valence-electron chi connectivity index (χ4n) is 2.67. The van der Waals surface area contributed by atoms with Crippen LogP contribution in [-0.2, 0) is 4.79 Å². The van der Waals surface area contributed by atoms with Crippen LogP contribution in [-0.4, -0.2) is 39.5 Å². The number of hydrogen-bond donors (Lipinski definition) is 3. The molecule has 22 heavy (non-hydrogen) atoms. The van der Waals surface area contributed by atoms with Gasteiger partial charge in [0.05, 0.1) is 17.8 Å². The maximum absolute atomic E-state index is 12.3. The molecule has 116 valence electrons. The molecule has 2 heterocycles. The van der Waals surface area contributed by atoms with Crippen molar-refractivity contribution in [3.63, 3.8) is 0 Å². The normalized spacial score (nSPS) is 21.5. The van der Waals surface area contributed by atoms with Gasteiger partial charge in [0.2, 0.25) is 5.91 Å². The number of aliphatic hydroxyl groups is 1. The molecule has 1 aliphatic heterocycles. The Kier molecular flexibility index (Phi) is 4.22. The Morgan fingerprint density at radius 1 is 1.50 bits per heavy atom. The quantitative estimate of drug-likeness (QED) is 0.796. The minimum atomic E-state index is -0.403. The van der Waals surface area contributed by atoms with E-state index in [1.165, 1.54) is 0 Å². The number of piperidine rings is 1. The lowest BCUT2D eigenvalue weighted by Crippen LogP contribution is -2.47. The second kappa shape index (κ2) is 6.29. The van der Waals surface area contributed by atoms with Crippen LogP contribution in [0.3, 0.4) is 0 Å². The first-order chi connectivity index (χ1) is 10.6. The van der Waals surface area contributed by atoms with Crippen LogP contribution in [0, 0.1) is 6.92 Å². The van der Waals surface area contributed by atoms with E-state index in [4.69, 9.17) is 0 Å². The van der Waals surface area contributed by atoms with Gasteiger partial charge in [0, 0.05) is 18.1 Å². The summed E-state index contributed by atoms with van der Waals surface area (Å²) in [4.78, 5) is 12.3. The lowest BCUT2D eigenvalue weighted by Gasteiger charge is -2.26. The van der Waals surface area contributed by atoms with Gasteiger partial charge in [-0.3, -0.25) is 4.79 Å². The summed E-state index contributed by atoms with van der Waals surface area (Å²) >= 11 is 0. The van der Waals surface area contributed by atoms with E-state index in [1.807, 2.05) is 37.4 Å². The smallest absolute Gasteiger partial charge is 0.241 e. The van der Waals surface area contributed by atoms with Crippen molar-refractivity contribution in [1.82, 2.24) is 15.1 Å². The fraction of sp³-hybridized carbons (Fsp3) is 0.375. The standard InChI is InChI=1S/C16H20N4O2/c1-11-9-12(20-8-2-6-18-20)3-4-14(11)19-16(22)15-10-13(21)5-7-17-15/h2-4,6,8-9,13,15,17,21H,5,7,10H2,1H3,(H,19,22)/t13-,15+/m1/s1. The summed E-state index contributed by atoms with van der Waals surface area (Å²) in [5, 5.41) is 19.9. The Bertz CT molecular complexity index is 654. The molecule has 0 radical (unpaired) electrons. The number of hydrogen-bond acceptors (Lipinski definition) is 4. The zero-order chi connectivity index (χ0) is 15.5. The number of aliphatic hydroxyl groups excluding tert-OH is 1. The van der Waals surface area contributed by atoms with Crippen LogP contribution in [0.4, 0.5) is 5.69 Å². The SMILES string of the molecule is Cc1cc(-n2cccn2)ccc1NC(=O)[C@@H]1C[C@H](O)CCN1. The molecule has 1 amide bonds. The number of anilines is 1. The summed E-state index contributed by atoms with van der Waals surface area (Å²) in [5.41, 5.74) is 2.70. The van der Waals surface area contributed by atoms with E-state index in [0.717, 1.165) is 16.9 Å². The highest BCUT2D eigenvalue weighted by Gasteiger charge is 2.25. The molecule has 0 saturated carbocycles. The zero-order valence-electron chi connectivity index (χ0n) is 12.5. The predicted octanol–water partition coefficient (Wildman–Crippen LogP) is 1.23. The van der Waals surface area contributed by atoms with Gasteiger partial charge in [-0.15, -0.1) is 0 Å². The highest BCUT2D eigenvalue weighted by molar-refractivity contribution is 5.95. The highest BCUT2D eigenvalue weighted by Crippen LogP contribution is 2.20. The Hall–Kier alpha value is -2.18. The molecule has 1 aromatic heterocycles. The summed E-state index contributed by atoms with van der Waals surface area (Å²) < 4.78 is 1.78. The van der Waals surface area contributed by atoms with Crippen LogP contribution in [0.25, 0.3) is 5.69 Å². The first kappa shape index (κ1) is 14.7. The molecule has 0 spiro atoms. The number of nitrogens with zero attached hydrogens (tertiary/aromatic N) is 2. The van der Waals surface area contributed by atoms with Gasteiger partial charge in [0.15, 0.2) is 0 Å². The molecule has 6 nitrogen and oxygen atoms in total. The molecule has 3 N–H and O–H groups in total. The van der Waals surface area contributed by atoms with Gasteiger partial charge < -0.3 is 15.7 Å². The maximum Gasteiger partial charge on any atom is 0.241 e. The van der Waals surface area contributed by atoms with Crippen LogP contribution in [0.1, 0.15) is 18.4 Å². The van der Waals surface area contributed by atoms with Crippen molar-refractivity contribution in [1.29, 1.82) is 0 Å². The van der Waals surface area contributed by atoms with Gasteiger partial charge in [-0.25, -0.2) is 4.68 Å². The number of carbonyl (C=O) groups excluding carboxylic acids is 1. The van der Waals surface area contributed by atoms with E-state index in [-0.39, 0.29) is 11.9 Å². The molecular formula is C16H20N4O2. The van der Waals surface area contributed by atoms with E-state index in [1.54, 1.807) is 10.9 Å². The van der Waals surface area contributed by atoms with Gasteiger partial charge >= 0.3 is 0 Å². The van der Waals surface area contributed by atoms with Crippen molar-refractivity contribution in [2.24, 2.45) is 0 Å². The first-order valence-corrected chi connectivity index (χ1v) is 7.46. The number of nitrogens with one attached hydrogen (secondary N) is 2. The van der Waals surface area contributed by atoms with Crippen molar-refractivity contribution >= 4 is 11.6 Å². The van der Waals surface area contributed by atoms with E-state index in [0.29, 0.717) is 19.4 Å². The molecule has 0 unspecified atom stereocenters. The second-order valence-electron chi connectivity index (χ2n) is 5.62. The molecule has 1 aromatic carbocycles. The first-order valence-electron chi connectivity index (χ1n) is 7.46. The Balaban J connectivity index is 1.71. The second-order valence-corrected chi connectivity index (χ2v) is 5.62. The van der Waals surface area contributed by atoms with Gasteiger partial charge in [-0.1, -0.05) is 0 Å². The molecule has 1 saturated heterocycles. The van der Waals surface area contributed by atoms with Crippen LogP contribution >= 0.6 is 0 Å². The van der Waals surface area contributed by atoms with E-state index >= 15 is 0 Å². The number of aromatic nitrogens is 2. The number of rotatable bonds is 3. The van der Waals surface area contributed by atoms with Gasteiger partial charge in [0.1, 0.15) is 0 Å². The summed E-state index contributed by atoms with van der Waals surface area (Å²) in [6.45, 7) is 2.61. The largest absolute Gasteiger partial charge is 0.393 e. The average Bonchev–Trinajstić information content (AvgIpc) is 3.03. The Morgan fingerprint density at radius 2 is 2.36 bits per heavy atom. The molecule has 0 bridgehead atoms. The maximum atomic E-state index is 12.3. The van der Waals surface area contributed by atoms with Crippen LogP contribution < -0.4 is 10.6 Å². The van der Waals surface area contributed by atoms with Crippen LogP contribution in [0.5, 0.6) is 0 Å². The minimum Gasteiger partial charge on any atom is -0.393 e.